The molecule has 6 heteroatoms. The smallest absolute Gasteiger partial charge is 0.247 e. The first-order chi connectivity index (χ1) is 11.7. The third-order valence-corrected chi connectivity index (χ3v) is 3.49. The van der Waals surface area contributed by atoms with E-state index in [9.17, 15) is 0 Å². The first kappa shape index (κ1) is 15.7. The van der Waals surface area contributed by atoms with Crippen molar-refractivity contribution in [2.45, 2.75) is 6.54 Å². The van der Waals surface area contributed by atoms with Gasteiger partial charge in [-0.25, -0.2) is 0 Å². The van der Waals surface area contributed by atoms with Crippen LogP contribution in [0.15, 0.2) is 60.8 Å². The zero-order valence-electron chi connectivity index (χ0n) is 13.7. The second-order valence-electron chi connectivity index (χ2n) is 5.34. The van der Waals surface area contributed by atoms with Gasteiger partial charge in [0.05, 0.1) is 13.3 Å². The first-order valence-corrected chi connectivity index (χ1v) is 7.60. The molecule has 0 bridgehead atoms. The van der Waals surface area contributed by atoms with E-state index in [4.69, 9.17) is 4.74 Å². The molecule has 0 amide bonds. The Morgan fingerprint density at radius 1 is 1.08 bits per heavy atom. The van der Waals surface area contributed by atoms with Gasteiger partial charge in [0.25, 0.3) is 0 Å². The van der Waals surface area contributed by atoms with Crippen LogP contribution in [0.2, 0.25) is 0 Å². The summed E-state index contributed by atoms with van der Waals surface area (Å²) >= 11 is 0. The molecular formula is C18H19N5O. The second-order valence-corrected chi connectivity index (χ2v) is 5.34. The minimum atomic E-state index is 0.562. The molecule has 6 nitrogen and oxygen atoms in total. The van der Waals surface area contributed by atoms with Gasteiger partial charge < -0.3 is 15.0 Å². The third-order valence-electron chi connectivity index (χ3n) is 3.49. The monoisotopic (exact) mass is 321 g/mol. The summed E-state index contributed by atoms with van der Waals surface area (Å²) in [5.74, 6) is 1.98. The molecule has 122 valence electrons. The van der Waals surface area contributed by atoms with Gasteiger partial charge in [-0.2, -0.15) is 10.1 Å². The molecule has 2 aromatic carbocycles. The Hall–Kier alpha value is -3.15. The normalized spacial score (nSPS) is 10.2. The molecule has 3 aromatic rings. The highest BCUT2D eigenvalue weighted by Crippen LogP contribution is 2.20. The number of rotatable bonds is 6. The Kier molecular flexibility index (Phi) is 4.86. The molecule has 0 saturated heterocycles. The molecule has 0 fully saturated rings. The Labute approximate surface area is 141 Å². The van der Waals surface area contributed by atoms with Crippen LogP contribution in [0.5, 0.6) is 5.75 Å². The lowest BCUT2D eigenvalue weighted by molar-refractivity contribution is 0.415. The summed E-state index contributed by atoms with van der Waals surface area (Å²) in [7, 11) is 3.58. The summed E-state index contributed by atoms with van der Waals surface area (Å²) in [5.41, 5.74) is 2.07. The molecule has 0 radical (unpaired) electrons. The van der Waals surface area contributed by atoms with E-state index in [2.05, 4.69) is 32.6 Å². The lowest BCUT2D eigenvalue weighted by Crippen LogP contribution is -2.19. The maximum Gasteiger partial charge on any atom is 0.247 e. The predicted molar refractivity (Wildman–Crippen MR) is 94.7 cm³/mol. The highest BCUT2D eigenvalue weighted by atomic mass is 16.5. The number of anilines is 3. The molecule has 0 spiro atoms. The Balaban J connectivity index is 1.73. The first-order valence-electron chi connectivity index (χ1n) is 7.60. The molecule has 24 heavy (non-hydrogen) atoms. The van der Waals surface area contributed by atoms with E-state index in [1.807, 2.05) is 54.4 Å². The van der Waals surface area contributed by atoms with Crippen LogP contribution < -0.4 is 15.0 Å². The molecule has 0 unspecified atom stereocenters. The summed E-state index contributed by atoms with van der Waals surface area (Å²) in [6.45, 7) is 0.713. The van der Waals surface area contributed by atoms with E-state index in [1.54, 1.807) is 13.3 Å². The average molecular weight is 321 g/mol. The van der Waals surface area contributed by atoms with Gasteiger partial charge in [0, 0.05) is 25.3 Å². The van der Waals surface area contributed by atoms with Crippen LogP contribution in [-0.4, -0.2) is 29.3 Å². The van der Waals surface area contributed by atoms with Crippen molar-refractivity contribution in [3.8, 4) is 5.75 Å². The van der Waals surface area contributed by atoms with E-state index >= 15 is 0 Å². The van der Waals surface area contributed by atoms with Crippen molar-refractivity contribution in [1.29, 1.82) is 0 Å². The fourth-order valence-corrected chi connectivity index (χ4v) is 2.29. The molecule has 0 aliphatic rings. The van der Waals surface area contributed by atoms with Crippen LogP contribution >= 0.6 is 0 Å². The molecule has 0 saturated carbocycles. The Morgan fingerprint density at radius 2 is 1.92 bits per heavy atom. The van der Waals surface area contributed by atoms with Crippen LogP contribution in [-0.2, 0) is 6.54 Å². The van der Waals surface area contributed by atoms with Crippen molar-refractivity contribution >= 4 is 17.5 Å². The maximum atomic E-state index is 5.22. The molecule has 0 atom stereocenters. The summed E-state index contributed by atoms with van der Waals surface area (Å²) in [5, 5.41) is 11.4. The van der Waals surface area contributed by atoms with E-state index in [0.29, 0.717) is 18.3 Å². The van der Waals surface area contributed by atoms with Crippen molar-refractivity contribution in [3.63, 3.8) is 0 Å². The number of methoxy groups -OCH3 is 1. The second kappa shape index (κ2) is 7.41. The van der Waals surface area contributed by atoms with Crippen molar-refractivity contribution in [1.82, 2.24) is 15.2 Å². The molecule has 0 aliphatic heterocycles. The van der Waals surface area contributed by atoms with Gasteiger partial charge in [0.15, 0.2) is 5.82 Å². The van der Waals surface area contributed by atoms with Crippen molar-refractivity contribution < 1.29 is 4.74 Å². The lowest BCUT2D eigenvalue weighted by atomic mass is 10.2. The van der Waals surface area contributed by atoms with Gasteiger partial charge in [-0.15, -0.1) is 5.10 Å². The fourth-order valence-electron chi connectivity index (χ4n) is 2.29. The number of nitrogens with zero attached hydrogens (tertiary/aromatic N) is 4. The Morgan fingerprint density at radius 3 is 2.71 bits per heavy atom. The fraction of sp³-hybridized carbons (Fsp3) is 0.167. The minimum Gasteiger partial charge on any atom is -0.497 e. The van der Waals surface area contributed by atoms with Gasteiger partial charge in [-0.3, -0.25) is 0 Å². The molecule has 0 aliphatic carbocycles. The summed E-state index contributed by atoms with van der Waals surface area (Å²) in [4.78, 5) is 6.48. The molecule has 1 aromatic heterocycles. The van der Waals surface area contributed by atoms with E-state index < -0.39 is 0 Å². The largest absolute Gasteiger partial charge is 0.497 e. The number of ether oxygens (including phenoxy) is 1. The number of hydrogen-bond donors (Lipinski definition) is 1. The number of hydrogen-bond acceptors (Lipinski definition) is 6. The van der Waals surface area contributed by atoms with Crippen molar-refractivity contribution in [3.05, 3.63) is 66.4 Å². The highest BCUT2D eigenvalue weighted by Gasteiger charge is 2.07. The Bertz CT molecular complexity index is 794. The van der Waals surface area contributed by atoms with Crippen LogP contribution in [0, 0.1) is 0 Å². The van der Waals surface area contributed by atoms with E-state index in [-0.39, 0.29) is 0 Å². The number of benzene rings is 2. The van der Waals surface area contributed by atoms with Crippen molar-refractivity contribution in [2.75, 3.05) is 24.4 Å². The lowest BCUT2D eigenvalue weighted by Gasteiger charge is -2.17. The van der Waals surface area contributed by atoms with Crippen molar-refractivity contribution in [2.24, 2.45) is 0 Å². The van der Waals surface area contributed by atoms with Gasteiger partial charge >= 0.3 is 0 Å². The predicted octanol–water partition coefficient (Wildman–Crippen LogP) is 3.26. The summed E-state index contributed by atoms with van der Waals surface area (Å²) < 4.78 is 5.22. The molecule has 3 rings (SSSR count). The van der Waals surface area contributed by atoms with Crippen LogP contribution in [0.1, 0.15) is 5.56 Å². The summed E-state index contributed by atoms with van der Waals surface area (Å²) in [6.07, 6.45) is 1.60. The van der Waals surface area contributed by atoms with Gasteiger partial charge in [-0.05, 0) is 17.7 Å². The third kappa shape index (κ3) is 3.98. The van der Waals surface area contributed by atoms with Crippen LogP contribution in [0.4, 0.5) is 17.5 Å². The molecule has 1 heterocycles. The quantitative estimate of drug-likeness (QED) is 0.752. The standard InChI is InChI=1S/C18H19N5O/c1-23(13-14-7-4-3-5-8-14)18-21-17(12-19-22-18)20-15-9-6-10-16(11-15)24-2/h3-12H,13H2,1-2H3,(H,20,21,22). The van der Waals surface area contributed by atoms with E-state index in [0.717, 1.165) is 11.4 Å². The maximum absolute atomic E-state index is 5.22. The highest BCUT2D eigenvalue weighted by molar-refractivity contribution is 5.58. The molecular weight excluding hydrogens is 302 g/mol. The number of aromatic nitrogens is 3. The van der Waals surface area contributed by atoms with Gasteiger partial charge in [-0.1, -0.05) is 36.4 Å². The summed E-state index contributed by atoms with van der Waals surface area (Å²) in [6, 6.07) is 17.8. The van der Waals surface area contributed by atoms with Gasteiger partial charge in [0.2, 0.25) is 5.95 Å². The van der Waals surface area contributed by atoms with Crippen LogP contribution in [0.3, 0.4) is 0 Å². The minimum absolute atomic E-state index is 0.562. The zero-order valence-corrected chi connectivity index (χ0v) is 13.7. The average Bonchev–Trinajstić information content (AvgIpc) is 2.63. The van der Waals surface area contributed by atoms with E-state index in [1.165, 1.54) is 5.56 Å². The van der Waals surface area contributed by atoms with Gasteiger partial charge in [0.1, 0.15) is 5.75 Å². The van der Waals surface area contributed by atoms with Crippen LogP contribution in [0.25, 0.3) is 0 Å². The number of nitrogens with one attached hydrogen (secondary N) is 1. The topological polar surface area (TPSA) is 63.2 Å². The zero-order chi connectivity index (χ0) is 16.8. The SMILES string of the molecule is COc1cccc(Nc2cnnc(N(C)Cc3ccccc3)n2)c1. The molecule has 1 N–H and O–H groups in total.